The Morgan fingerprint density at radius 3 is 0.943 bits per heavy atom. The van der Waals surface area contributed by atoms with Crippen LogP contribution in [0.15, 0.2) is 303 Å². The lowest BCUT2D eigenvalue weighted by atomic mass is 9.86. The number of benzene rings is 16. The molecule has 19 rings (SSSR count). The van der Waals surface area contributed by atoms with Crippen molar-refractivity contribution in [3.8, 4) is 55.9 Å². The second-order valence-electron chi connectivity index (χ2n) is 23.5. The number of para-hydroxylation sites is 3. The molecule has 16 aromatic carbocycles. The zero-order valence-electron chi connectivity index (χ0n) is 47.2. The monoisotopic (exact) mass is 1120 g/mol. The number of thiophene rings is 1. The van der Waals surface area contributed by atoms with Gasteiger partial charge in [-0.05, 0) is 206 Å². The third-order valence-corrected chi connectivity index (χ3v) is 20.0. The Morgan fingerprint density at radius 1 is 0.172 bits per heavy atom. The zero-order valence-corrected chi connectivity index (χ0v) is 48.0. The summed E-state index contributed by atoms with van der Waals surface area (Å²) < 4.78 is 7.48. The molecule has 0 spiro atoms. The van der Waals surface area contributed by atoms with E-state index in [0.717, 1.165) is 5.69 Å². The van der Waals surface area contributed by atoms with Crippen LogP contribution >= 0.6 is 11.3 Å². The van der Waals surface area contributed by atoms with E-state index in [1.807, 2.05) is 11.3 Å². The van der Waals surface area contributed by atoms with Crippen molar-refractivity contribution in [1.82, 2.24) is 9.13 Å². The van der Waals surface area contributed by atoms with Gasteiger partial charge in [0, 0.05) is 53.1 Å². The summed E-state index contributed by atoms with van der Waals surface area (Å²) in [4.78, 5) is 0. The summed E-state index contributed by atoms with van der Waals surface area (Å²) in [5, 5.41) is 22.8. The van der Waals surface area contributed by atoms with E-state index in [4.69, 9.17) is 0 Å². The van der Waals surface area contributed by atoms with Crippen molar-refractivity contribution in [1.29, 1.82) is 0 Å². The van der Waals surface area contributed by atoms with Gasteiger partial charge in [-0.1, -0.05) is 206 Å². The van der Waals surface area contributed by atoms with Crippen molar-refractivity contribution >= 4 is 140 Å². The van der Waals surface area contributed by atoms with Crippen LogP contribution in [0.2, 0.25) is 0 Å². The van der Waals surface area contributed by atoms with Crippen LogP contribution in [0.4, 0.5) is 0 Å². The Hall–Kier alpha value is -11.1. The van der Waals surface area contributed by atoms with Crippen LogP contribution < -0.4 is 0 Å². The van der Waals surface area contributed by atoms with Crippen LogP contribution in [0, 0.1) is 0 Å². The molecule has 0 unspecified atom stereocenters. The van der Waals surface area contributed by atoms with Gasteiger partial charge in [-0.25, -0.2) is 0 Å². The molecule has 0 fully saturated rings. The standard InChI is InChI=1S/C84H50N2S/c1-2-25-63-59(21-1)60-22-3-6-26-64(60)73-45-54(35-39-67(63)73)52-18-15-17-51(43-52)53-19-16-20-55(44-53)71-49-74-65-27-7-4-23-61(65)62-24-5-8-28-66(62)75(74)50-72(71)56-36-40-82-76(46-56)70-31-11-14-34-81(70)86(82)58-38-42-84-78(48-58)77-47-57(37-41-83(77)87-84)85-79-32-12-9-29-68(79)69-30-10-13-33-80(69)85/h1-50H. The van der Waals surface area contributed by atoms with Crippen molar-refractivity contribution < 1.29 is 0 Å². The summed E-state index contributed by atoms with van der Waals surface area (Å²) >= 11 is 1.87. The average molecular weight is 1120 g/mol. The average Bonchev–Trinajstić information content (AvgIpc) is 2.62. The predicted molar refractivity (Wildman–Crippen MR) is 375 cm³/mol. The fraction of sp³-hybridized carbons (Fsp3) is 0. The predicted octanol–water partition coefficient (Wildman–Crippen LogP) is 23.8. The Bertz CT molecular complexity index is 6060. The molecule has 2 nitrogen and oxygen atoms in total. The topological polar surface area (TPSA) is 9.86 Å². The van der Waals surface area contributed by atoms with Crippen LogP contribution in [-0.4, -0.2) is 9.13 Å². The highest BCUT2D eigenvalue weighted by molar-refractivity contribution is 7.25. The Kier molecular flexibility index (Phi) is 10.4. The van der Waals surface area contributed by atoms with Gasteiger partial charge < -0.3 is 9.13 Å². The van der Waals surface area contributed by atoms with Gasteiger partial charge in [0.1, 0.15) is 0 Å². The van der Waals surface area contributed by atoms with E-state index in [2.05, 4.69) is 312 Å². The number of hydrogen-bond acceptors (Lipinski definition) is 1. The van der Waals surface area contributed by atoms with Crippen molar-refractivity contribution in [3.63, 3.8) is 0 Å². The minimum absolute atomic E-state index is 1.15. The lowest BCUT2D eigenvalue weighted by molar-refractivity contribution is 1.18. The molecule has 87 heavy (non-hydrogen) atoms. The third-order valence-electron chi connectivity index (χ3n) is 18.8. The minimum Gasteiger partial charge on any atom is -0.309 e. The Labute approximate surface area is 504 Å². The van der Waals surface area contributed by atoms with Gasteiger partial charge in [0.15, 0.2) is 0 Å². The van der Waals surface area contributed by atoms with E-state index in [1.54, 1.807) is 0 Å². The largest absolute Gasteiger partial charge is 0.309 e. The van der Waals surface area contributed by atoms with E-state index < -0.39 is 0 Å². The van der Waals surface area contributed by atoms with E-state index in [0.29, 0.717) is 0 Å². The third kappa shape index (κ3) is 7.28. The van der Waals surface area contributed by atoms with Gasteiger partial charge >= 0.3 is 0 Å². The first-order valence-corrected chi connectivity index (χ1v) is 30.9. The maximum absolute atomic E-state index is 2.49. The van der Waals surface area contributed by atoms with Crippen LogP contribution in [-0.2, 0) is 0 Å². The van der Waals surface area contributed by atoms with Crippen molar-refractivity contribution in [3.05, 3.63) is 303 Å². The maximum Gasteiger partial charge on any atom is 0.0541 e. The molecule has 0 atom stereocenters. The van der Waals surface area contributed by atoms with Crippen molar-refractivity contribution in [2.45, 2.75) is 0 Å². The maximum atomic E-state index is 2.49. The normalized spacial score (nSPS) is 12.1. The number of fused-ring (bicyclic) bond motifs is 21. The molecular weight excluding hydrogens is 1070 g/mol. The highest BCUT2D eigenvalue weighted by atomic mass is 32.1. The lowest BCUT2D eigenvalue weighted by Gasteiger charge is -2.17. The van der Waals surface area contributed by atoms with Crippen LogP contribution in [0.1, 0.15) is 0 Å². The number of hydrogen-bond donors (Lipinski definition) is 0. The molecule has 0 bridgehead atoms. The SMILES string of the molecule is c1cc(-c2cccc(-c3cc4c5ccccc5c5ccccc5c4cc3-c3ccc4c(c3)c3ccccc3n4-c3ccc4sc5ccc(-n6c7ccccc7c7ccccc76)cc5c4c3)c2)cc(-c2ccc3c4ccccc4c4ccccc4c3c2)c1. The molecule has 0 amide bonds. The first kappa shape index (κ1) is 48.3. The summed E-state index contributed by atoms with van der Waals surface area (Å²) in [6.07, 6.45) is 0. The molecule has 0 aliphatic rings. The number of nitrogens with zero attached hydrogens (tertiary/aromatic N) is 2. The molecular formula is C84H50N2S. The number of rotatable bonds is 6. The molecule has 0 aliphatic heterocycles. The summed E-state index contributed by atoms with van der Waals surface area (Å²) in [6.45, 7) is 0. The molecule has 0 saturated heterocycles. The molecule has 19 aromatic rings. The molecule has 3 aromatic heterocycles. The zero-order chi connectivity index (χ0) is 56.8. The van der Waals surface area contributed by atoms with Gasteiger partial charge in [0.2, 0.25) is 0 Å². The second-order valence-corrected chi connectivity index (χ2v) is 24.5. The molecule has 0 saturated carbocycles. The number of aromatic nitrogens is 2. The first-order chi connectivity index (χ1) is 43.1. The highest BCUT2D eigenvalue weighted by Crippen LogP contribution is 2.47. The Balaban J connectivity index is 0.771. The van der Waals surface area contributed by atoms with Gasteiger partial charge in [-0.15, -0.1) is 11.3 Å². The molecule has 3 heterocycles. The van der Waals surface area contributed by atoms with Crippen LogP contribution in [0.25, 0.3) is 184 Å². The summed E-state index contributed by atoms with van der Waals surface area (Å²) in [5.41, 5.74) is 16.7. The molecule has 402 valence electrons. The summed E-state index contributed by atoms with van der Waals surface area (Å²) in [6, 6.07) is 114. The Morgan fingerprint density at radius 2 is 0.483 bits per heavy atom. The van der Waals surface area contributed by atoms with E-state index in [-0.39, 0.29) is 0 Å². The first-order valence-electron chi connectivity index (χ1n) is 30.0. The lowest BCUT2D eigenvalue weighted by Crippen LogP contribution is -1.94. The second kappa shape index (κ2) is 18.7. The highest BCUT2D eigenvalue weighted by Gasteiger charge is 2.21. The fourth-order valence-electron chi connectivity index (χ4n) is 14.9. The van der Waals surface area contributed by atoms with Crippen molar-refractivity contribution in [2.75, 3.05) is 0 Å². The van der Waals surface area contributed by atoms with E-state index in [1.165, 1.54) is 179 Å². The van der Waals surface area contributed by atoms with Gasteiger partial charge in [-0.3, -0.25) is 0 Å². The quantitative estimate of drug-likeness (QED) is 0.147. The molecule has 3 heteroatoms. The van der Waals surface area contributed by atoms with E-state index >= 15 is 0 Å². The van der Waals surface area contributed by atoms with Gasteiger partial charge in [-0.2, -0.15) is 0 Å². The molecule has 0 radical (unpaired) electrons. The van der Waals surface area contributed by atoms with E-state index in [9.17, 15) is 0 Å². The van der Waals surface area contributed by atoms with Crippen LogP contribution in [0.3, 0.4) is 0 Å². The minimum atomic E-state index is 1.15. The molecule has 0 N–H and O–H groups in total. The molecule has 0 aliphatic carbocycles. The summed E-state index contributed by atoms with van der Waals surface area (Å²) in [7, 11) is 0. The smallest absolute Gasteiger partial charge is 0.0541 e. The summed E-state index contributed by atoms with van der Waals surface area (Å²) in [5.74, 6) is 0. The van der Waals surface area contributed by atoms with Gasteiger partial charge in [0.25, 0.3) is 0 Å². The fourth-order valence-corrected chi connectivity index (χ4v) is 16.0. The van der Waals surface area contributed by atoms with Gasteiger partial charge in [0.05, 0.1) is 22.1 Å². The van der Waals surface area contributed by atoms with Crippen molar-refractivity contribution in [2.24, 2.45) is 0 Å². The van der Waals surface area contributed by atoms with Crippen LogP contribution in [0.5, 0.6) is 0 Å².